The first kappa shape index (κ1) is 72.6. The molecule has 2 unspecified atom stereocenters. The van der Waals surface area contributed by atoms with Crippen LogP contribution in [0.15, 0.2) is 48.5 Å². The summed E-state index contributed by atoms with van der Waals surface area (Å²) in [4.78, 5) is 67.0. The van der Waals surface area contributed by atoms with Gasteiger partial charge in [-0.1, -0.05) is 74.2 Å². The van der Waals surface area contributed by atoms with Crippen LogP contribution in [0.1, 0.15) is 116 Å². The number of benzene rings is 2. The Balaban J connectivity index is 0.950. The first-order valence-electron chi connectivity index (χ1n) is 29.8. The highest BCUT2D eigenvalue weighted by atomic mass is 35.5. The Morgan fingerprint density at radius 1 is 0.558 bits per heavy atom. The van der Waals surface area contributed by atoms with Gasteiger partial charge in [0.2, 0.25) is 0 Å². The van der Waals surface area contributed by atoms with Crippen molar-refractivity contribution >= 4 is 64.0 Å². The van der Waals surface area contributed by atoms with E-state index < -0.39 is 29.8 Å². The summed E-state index contributed by atoms with van der Waals surface area (Å²) >= 11 is 12.1. The Morgan fingerprint density at radius 2 is 1.05 bits per heavy atom. The molecular formula is C61H95Cl2N11O12+2. The summed E-state index contributed by atoms with van der Waals surface area (Å²) in [6.45, 7) is 11.3. The molecule has 0 spiro atoms. The van der Waals surface area contributed by atoms with E-state index in [0.717, 1.165) is 91.3 Å². The number of hydrogen-bond acceptors (Lipinski definition) is 19. The van der Waals surface area contributed by atoms with Gasteiger partial charge in [-0.25, -0.2) is 19.9 Å². The van der Waals surface area contributed by atoms with E-state index in [2.05, 4.69) is 84.7 Å². The maximum Gasteiger partial charge on any atom is 0.274 e. The number of carbonyl (C=O) groups is 4. The second-order valence-corrected chi connectivity index (χ2v) is 23.1. The van der Waals surface area contributed by atoms with Crippen LogP contribution in [0.4, 0.5) is 17.5 Å². The molecule has 25 heteroatoms. The fourth-order valence-electron chi connectivity index (χ4n) is 9.75. The van der Waals surface area contributed by atoms with Gasteiger partial charge in [0.05, 0.1) is 106 Å². The van der Waals surface area contributed by atoms with Gasteiger partial charge in [0.25, 0.3) is 11.8 Å². The highest BCUT2D eigenvalue weighted by molar-refractivity contribution is 6.31. The number of hydrogen-bond donors (Lipinski definition) is 7. The molecule has 4 aromatic rings. The van der Waals surface area contributed by atoms with Crippen molar-refractivity contribution in [2.24, 2.45) is 0 Å². The van der Waals surface area contributed by atoms with E-state index in [1.165, 1.54) is 11.1 Å². The number of nitrogens with one attached hydrogen (secondary N) is 2. The van der Waals surface area contributed by atoms with Crippen LogP contribution in [0.25, 0.3) is 0 Å². The van der Waals surface area contributed by atoms with Gasteiger partial charge in [0.1, 0.15) is 42.6 Å². The van der Waals surface area contributed by atoms with Gasteiger partial charge < -0.3 is 75.4 Å². The van der Waals surface area contributed by atoms with E-state index in [4.69, 9.17) is 68.8 Å². The zero-order valence-electron chi connectivity index (χ0n) is 51.5. The molecule has 0 aliphatic carbocycles. The van der Waals surface area contributed by atoms with Crippen LogP contribution in [-0.4, -0.2) is 207 Å². The lowest BCUT2D eigenvalue weighted by atomic mass is 9.99. The number of carbonyl (C=O) groups excluding carboxylic acids is 4. The molecule has 2 aromatic carbocycles. The fourth-order valence-corrected chi connectivity index (χ4v) is 10.0. The SMILES string of the molecule is CCC[C@@H](CCC(=O)c1nc(Cl)c(C)nc1N)[N+](C)(C)CCCc1ccc(OCCOCCOCCCC(=O)C(O)C(O)C(=O)NCCOCCOCCOc2ccc(CCC[N+](C)(C)[C@@H](CCC)CNC(=O)c3nc(Cl)c(N)nc3N)cc2)cc1. The molecule has 4 rings (SSSR count). The van der Waals surface area contributed by atoms with Crippen molar-refractivity contribution in [3.8, 4) is 11.5 Å². The minimum Gasteiger partial charge on any atom is -0.491 e. The summed E-state index contributed by atoms with van der Waals surface area (Å²) in [6.07, 6.45) is 5.09. The minimum absolute atomic E-state index is 0.0269. The summed E-state index contributed by atoms with van der Waals surface area (Å²) in [5.74, 6) is -0.636. The number of aliphatic hydroxyl groups excluding tert-OH is 2. The molecule has 4 atom stereocenters. The normalized spacial score (nSPS) is 13.2. The molecule has 0 saturated carbocycles. The van der Waals surface area contributed by atoms with Gasteiger partial charge >= 0.3 is 0 Å². The topological polar surface area (TPSA) is 318 Å². The molecular weight excluding hydrogens is 1150 g/mol. The number of aryl methyl sites for hydroxylation is 3. The lowest BCUT2D eigenvalue weighted by Crippen LogP contribution is -2.54. The van der Waals surface area contributed by atoms with Gasteiger partial charge in [0.15, 0.2) is 51.1 Å². The number of likely N-dealkylation sites (N-methyl/N-ethyl adjacent to an activating group) is 1. The molecule has 10 N–H and O–H groups in total. The lowest BCUT2D eigenvalue weighted by Gasteiger charge is -2.38. The molecule has 0 aliphatic rings. The maximum absolute atomic E-state index is 13.0. The number of ether oxygens (including phenoxy) is 6. The average molecular weight is 1250 g/mol. The largest absolute Gasteiger partial charge is 0.491 e. The third-order valence-electron chi connectivity index (χ3n) is 15.0. The Hall–Kier alpha value is -5.86. The van der Waals surface area contributed by atoms with Crippen LogP contribution in [0.2, 0.25) is 10.3 Å². The average Bonchev–Trinajstić information content (AvgIpc) is 3.69. The Kier molecular flexibility index (Phi) is 32.4. The quantitative estimate of drug-likeness (QED) is 0.0156. The zero-order chi connectivity index (χ0) is 63.1. The van der Waals surface area contributed by atoms with Gasteiger partial charge in [-0.05, 0) is 68.0 Å². The van der Waals surface area contributed by atoms with Crippen molar-refractivity contribution in [1.29, 1.82) is 0 Å². The Bertz CT molecular complexity index is 2510. The van der Waals surface area contributed by atoms with Crippen LogP contribution in [-0.2, 0) is 41.4 Å². The molecule has 2 aromatic heterocycles. The third-order valence-corrected chi connectivity index (χ3v) is 15.6. The monoisotopic (exact) mass is 1240 g/mol. The highest BCUT2D eigenvalue weighted by Crippen LogP contribution is 2.24. The van der Waals surface area contributed by atoms with Crippen LogP contribution < -0.4 is 37.3 Å². The van der Waals surface area contributed by atoms with Gasteiger partial charge in [-0.15, -0.1) is 0 Å². The van der Waals surface area contributed by atoms with Crippen LogP contribution in [0, 0.1) is 6.92 Å². The number of nitrogens with two attached hydrogens (primary N) is 3. The molecule has 0 fully saturated rings. The number of halogens is 2. The van der Waals surface area contributed by atoms with Crippen molar-refractivity contribution < 1.29 is 66.8 Å². The number of nitrogen functional groups attached to an aromatic ring is 3. The number of quaternary nitrogens is 2. The number of aromatic nitrogens is 4. The lowest BCUT2D eigenvalue weighted by molar-refractivity contribution is -0.916. The van der Waals surface area contributed by atoms with E-state index in [0.29, 0.717) is 77.4 Å². The number of Topliss-reactive ketones (excluding diaryl/α,β-unsaturated/α-hetero) is 2. The molecule has 0 bridgehead atoms. The smallest absolute Gasteiger partial charge is 0.274 e. The number of nitrogens with zero attached hydrogens (tertiary/aromatic N) is 6. The molecule has 478 valence electrons. The predicted octanol–water partition coefficient (Wildman–Crippen LogP) is 5.79. The second-order valence-electron chi connectivity index (χ2n) is 22.4. The molecule has 23 nitrogen and oxygen atoms in total. The van der Waals surface area contributed by atoms with Gasteiger partial charge in [-0.3, -0.25) is 19.2 Å². The number of amides is 2. The third kappa shape index (κ3) is 25.8. The Labute approximate surface area is 517 Å². The van der Waals surface area contributed by atoms with Crippen molar-refractivity contribution in [1.82, 2.24) is 30.6 Å². The zero-order valence-corrected chi connectivity index (χ0v) is 53.0. The fraction of sp³-hybridized carbons (Fsp3) is 0.607. The van der Waals surface area contributed by atoms with Gasteiger partial charge in [-0.2, -0.15) is 0 Å². The summed E-state index contributed by atoms with van der Waals surface area (Å²) in [7, 11) is 8.79. The number of rotatable bonds is 45. The maximum atomic E-state index is 13.0. The molecule has 0 aliphatic heterocycles. The standard InChI is InChI=1S/C61H93Cl2N11O12/c1-8-13-45(22-27-49(75)51-57(64)69-42(3)55(62)70-51)73(4,5)29-10-15-43-18-23-47(24-19-43)85-39-37-83-35-33-81-31-12-17-50(76)53(77)54(78)61(80)67-28-32-82-34-36-84-38-40-86-48-25-20-44(21-26-48)16-11-30-74(6,7)46(14-9-2)41-68-60(79)52-58(65)72-59(66)56(63)71-52/h18-21,23-26,45-46,53-54,77-78H,8-17,22,27-41H2,1-7H3,(H6-2,64,65,66,67,68,69,72,75,79,80)/p+2/t45-,46-,53?,54?/m0/s1. The van der Waals surface area contributed by atoms with E-state index in [1.807, 2.05) is 36.4 Å². The molecule has 86 heavy (non-hydrogen) atoms. The molecule has 2 amide bonds. The highest BCUT2D eigenvalue weighted by Gasteiger charge is 2.32. The number of anilines is 3. The molecule has 0 saturated heterocycles. The van der Waals surface area contributed by atoms with Crippen molar-refractivity contribution in [2.75, 3.05) is 138 Å². The van der Waals surface area contributed by atoms with Crippen LogP contribution in [0.5, 0.6) is 11.5 Å². The van der Waals surface area contributed by atoms with E-state index >= 15 is 0 Å². The summed E-state index contributed by atoms with van der Waals surface area (Å²) in [6, 6.07) is 16.5. The van der Waals surface area contributed by atoms with Crippen LogP contribution in [0.3, 0.4) is 0 Å². The van der Waals surface area contributed by atoms with E-state index in [1.54, 1.807) is 6.92 Å². The second kappa shape index (κ2) is 38.4. The summed E-state index contributed by atoms with van der Waals surface area (Å²) < 4.78 is 35.5. The van der Waals surface area contributed by atoms with Crippen molar-refractivity contribution in [3.05, 3.63) is 87.0 Å². The van der Waals surface area contributed by atoms with Gasteiger partial charge in [0, 0.05) is 51.7 Å². The summed E-state index contributed by atoms with van der Waals surface area (Å²) in [5.41, 5.74) is 20.5. The molecule has 0 radical (unpaired) electrons. The Morgan fingerprint density at radius 3 is 1.60 bits per heavy atom. The summed E-state index contributed by atoms with van der Waals surface area (Å²) in [5, 5.41) is 26.1. The van der Waals surface area contributed by atoms with Crippen molar-refractivity contribution in [2.45, 2.75) is 122 Å². The first-order valence-corrected chi connectivity index (χ1v) is 30.6. The van der Waals surface area contributed by atoms with Crippen LogP contribution >= 0.6 is 23.2 Å². The number of ketones is 2. The first-order chi connectivity index (χ1) is 41.1. The van der Waals surface area contributed by atoms with E-state index in [-0.39, 0.29) is 83.8 Å². The predicted molar refractivity (Wildman–Crippen MR) is 332 cm³/mol. The molecule has 2 heterocycles. The van der Waals surface area contributed by atoms with Crippen molar-refractivity contribution in [3.63, 3.8) is 0 Å². The number of aliphatic hydroxyl groups is 2. The van der Waals surface area contributed by atoms with E-state index in [9.17, 15) is 29.4 Å². The minimum atomic E-state index is -1.92.